The fraction of sp³-hybridized carbons (Fsp3) is 0.250. The van der Waals surface area contributed by atoms with E-state index in [2.05, 4.69) is 20.6 Å². The van der Waals surface area contributed by atoms with E-state index in [1.165, 1.54) is 12.1 Å². The molecule has 33 heavy (non-hydrogen) atoms. The highest BCUT2D eigenvalue weighted by atomic mass is 19.1. The molecule has 1 aliphatic rings. The Balaban J connectivity index is 1.66. The molecule has 9 heteroatoms. The van der Waals surface area contributed by atoms with Crippen molar-refractivity contribution in [2.24, 2.45) is 5.73 Å². The van der Waals surface area contributed by atoms with E-state index >= 15 is 0 Å². The lowest BCUT2D eigenvalue weighted by molar-refractivity contribution is -0.119. The molecule has 1 saturated heterocycles. The Hall–Kier alpha value is -3.85. The third-order valence-corrected chi connectivity index (χ3v) is 5.49. The van der Waals surface area contributed by atoms with Crippen molar-refractivity contribution < 1.29 is 14.0 Å². The van der Waals surface area contributed by atoms with Crippen molar-refractivity contribution in [1.82, 2.24) is 15.3 Å². The number of halogens is 1. The molecule has 1 aromatic carbocycles. The van der Waals surface area contributed by atoms with Crippen LogP contribution in [0.25, 0.3) is 0 Å². The van der Waals surface area contributed by atoms with Crippen LogP contribution in [0.1, 0.15) is 22.6 Å². The smallest absolute Gasteiger partial charge is 0.242 e. The van der Waals surface area contributed by atoms with E-state index in [-0.39, 0.29) is 18.3 Å². The predicted molar refractivity (Wildman–Crippen MR) is 123 cm³/mol. The highest BCUT2D eigenvalue weighted by molar-refractivity contribution is 5.95. The molecule has 1 aliphatic heterocycles. The van der Waals surface area contributed by atoms with Crippen molar-refractivity contribution in [3.8, 4) is 0 Å². The van der Waals surface area contributed by atoms with Crippen molar-refractivity contribution in [2.75, 3.05) is 36.4 Å². The zero-order chi connectivity index (χ0) is 23.2. The van der Waals surface area contributed by atoms with Gasteiger partial charge < -0.3 is 16.4 Å². The summed E-state index contributed by atoms with van der Waals surface area (Å²) in [5.41, 5.74) is 7.83. The summed E-state index contributed by atoms with van der Waals surface area (Å²) in [6.45, 7) is 1.85. The van der Waals surface area contributed by atoms with E-state index in [1.807, 2.05) is 6.07 Å². The van der Waals surface area contributed by atoms with Crippen molar-refractivity contribution in [1.29, 1.82) is 0 Å². The summed E-state index contributed by atoms with van der Waals surface area (Å²) < 4.78 is 13.5. The lowest BCUT2D eigenvalue weighted by Crippen LogP contribution is -2.48. The maximum Gasteiger partial charge on any atom is 0.242 e. The molecular weight excluding hydrogens is 423 g/mol. The molecular formula is C24H25FN6O2. The number of anilines is 2. The van der Waals surface area contributed by atoms with Gasteiger partial charge >= 0.3 is 0 Å². The van der Waals surface area contributed by atoms with Crippen LogP contribution < -0.4 is 21.3 Å². The number of nitrogens with zero attached hydrogens (tertiary/aromatic N) is 3. The maximum absolute atomic E-state index is 13.5. The van der Waals surface area contributed by atoms with E-state index < -0.39 is 11.8 Å². The number of nitrogens with two attached hydrogens (primary N) is 1. The standard InChI is InChI=1S/C24H25FN6O2/c25-18-5-1-3-16(13-18)8-10-29-24-19(22(23(26)33)17-4-2-9-27-14-17)6-7-20(30-24)31-12-11-28-15-21(31)32/h1-7,9,13-14,22,28H,8,10-12,15H2,(H2,26,33)(H,29,30). The topological polar surface area (TPSA) is 113 Å². The van der Waals surface area contributed by atoms with Gasteiger partial charge in [-0.2, -0.15) is 0 Å². The lowest BCUT2D eigenvalue weighted by atomic mass is 9.92. The summed E-state index contributed by atoms with van der Waals surface area (Å²) in [5, 5.41) is 6.30. The molecule has 0 bridgehead atoms. The summed E-state index contributed by atoms with van der Waals surface area (Å²) in [7, 11) is 0. The van der Waals surface area contributed by atoms with Crippen LogP contribution >= 0.6 is 0 Å². The van der Waals surface area contributed by atoms with Crippen molar-refractivity contribution in [2.45, 2.75) is 12.3 Å². The van der Waals surface area contributed by atoms with E-state index in [1.54, 1.807) is 47.6 Å². The molecule has 1 unspecified atom stereocenters. The first-order valence-electron chi connectivity index (χ1n) is 10.7. The Morgan fingerprint density at radius 2 is 2.12 bits per heavy atom. The Morgan fingerprint density at radius 1 is 1.24 bits per heavy atom. The van der Waals surface area contributed by atoms with Crippen LogP contribution in [-0.2, 0) is 16.0 Å². The van der Waals surface area contributed by atoms with Crippen molar-refractivity contribution in [3.63, 3.8) is 0 Å². The van der Waals surface area contributed by atoms with Gasteiger partial charge in [0.1, 0.15) is 17.5 Å². The van der Waals surface area contributed by atoms with Crippen LogP contribution in [0.3, 0.4) is 0 Å². The number of hydrogen-bond acceptors (Lipinski definition) is 6. The van der Waals surface area contributed by atoms with E-state index in [9.17, 15) is 14.0 Å². The van der Waals surface area contributed by atoms with E-state index in [0.717, 1.165) is 5.56 Å². The zero-order valence-corrected chi connectivity index (χ0v) is 18.0. The molecule has 0 aliphatic carbocycles. The van der Waals surface area contributed by atoms with Crippen LogP contribution in [0.5, 0.6) is 0 Å². The Morgan fingerprint density at radius 3 is 2.85 bits per heavy atom. The van der Waals surface area contributed by atoms with Crippen LogP contribution in [0.2, 0.25) is 0 Å². The summed E-state index contributed by atoms with van der Waals surface area (Å²) in [6.07, 6.45) is 3.76. The van der Waals surface area contributed by atoms with Gasteiger partial charge in [0.05, 0.1) is 12.5 Å². The summed E-state index contributed by atoms with van der Waals surface area (Å²) in [5.74, 6) is -0.739. The van der Waals surface area contributed by atoms with Crippen LogP contribution in [-0.4, -0.2) is 48.0 Å². The minimum absolute atomic E-state index is 0.0779. The van der Waals surface area contributed by atoms with E-state index in [0.29, 0.717) is 48.8 Å². The number of aromatic nitrogens is 2. The summed E-state index contributed by atoms with van der Waals surface area (Å²) in [4.78, 5) is 35.2. The second kappa shape index (κ2) is 10.2. The van der Waals surface area contributed by atoms with Gasteiger partial charge in [0, 0.05) is 37.6 Å². The lowest BCUT2D eigenvalue weighted by Gasteiger charge is -2.28. The normalized spacial score (nSPS) is 14.7. The number of carbonyl (C=O) groups excluding carboxylic acids is 2. The highest BCUT2D eigenvalue weighted by Crippen LogP contribution is 2.31. The molecule has 4 rings (SSSR count). The molecule has 1 fully saturated rings. The monoisotopic (exact) mass is 448 g/mol. The molecule has 0 radical (unpaired) electrons. The SMILES string of the molecule is NC(=O)C(c1cccnc1)c1ccc(N2CCNCC2=O)nc1NCCc1cccc(F)c1. The van der Waals surface area contributed by atoms with Gasteiger partial charge in [-0.3, -0.25) is 19.5 Å². The zero-order valence-electron chi connectivity index (χ0n) is 18.0. The van der Waals surface area contributed by atoms with Gasteiger partial charge in [0.15, 0.2) is 0 Å². The van der Waals surface area contributed by atoms with E-state index in [4.69, 9.17) is 5.73 Å². The Bertz CT molecular complexity index is 1140. The minimum Gasteiger partial charge on any atom is -0.369 e. The number of hydrogen-bond donors (Lipinski definition) is 3. The third kappa shape index (κ3) is 5.32. The van der Waals surface area contributed by atoms with Gasteiger partial charge in [-0.1, -0.05) is 24.3 Å². The van der Waals surface area contributed by atoms with Gasteiger partial charge in [-0.15, -0.1) is 0 Å². The summed E-state index contributed by atoms with van der Waals surface area (Å²) >= 11 is 0. The largest absolute Gasteiger partial charge is 0.369 e. The number of nitrogens with one attached hydrogen (secondary N) is 2. The fourth-order valence-electron chi connectivity index (χ4n) is 3.89. The first-order chi connectivity index (χ1) is 16.0. The fourth-order valence-corrected chi connectivity index (χ4v) is 3.89. The number of primary amides is 1. The van der Waals surface area contributed by atoms with Crippen LogP contribution in [0.15, 0.2) is 60.9 Å². The van der Waals surface area contributed by atoms with Gasteiger partial charge in [0.25, 0.3) is 0 Å². The molecule has 2 amide bonds. The van der Waals surface area contributed by atoms with Crippen LogP contribution in [0.4, 0.5) is 16.0 Å². The van der Waals surface area contributed by atoms with Crippen molar-refractivity contribution in [3.05, 3.63) is 83.4 Å². The molecule has 0 spiro atoms. The number of carbonyl (C=O) groups is 2. The first kappa shape index (κ1) is 22.3. The minimum atomic E-state index is -0.768. The second-order valence-corrected chi connectivity index (χ2v) is 7.76. The number of pyridine rings is 2. The molecule has 8 nitrogen and oxygen atoms in total. The Kier molecular flexibility index (Phi) is 6.89. The third-order valence-electron chi connectivity index (χ3n) is 5.49. The predicted octanol–water partition coefficient (Wildman–Crippen LogP) is 1.82. The number of piperazine rings is 1. The van der Waals surface area contributed by atoms with Gasteiger partial charge in [0.2, 0.25) is 11.8 Å². The average molecular weight is 449 g/mol. The molecule has 4 N–H and O–H groups in total. The number of rotatable bonds is 8. The summed E-state index contributed by atoms with van der Waals surface area (Å²) in [6, 6.07) is 13.4. The Labute approximate surface area is 191 Å². The molecule has 3 aromatic rings. The maximum atomic E-state index is 13.5. The average Bonchev–Trinajstić information content (AvgIpc) is 2.81. The molecule has 1 atom stereocenters. The van der Waals surface area contributed by atoms with Crippen LogP contribution in [0, 0.1) is 5.82 Å². The molecule has 2 aromatic heterocycles. The van der Waals surface area contributed by atoms with Gasteiger partial charge in [-0.25, -0.2) is 9.37 Å². The second-order valence-electron chi connectivity index (χ2n) is 7.76. The number of amides is 2. The first-order valence-corrected chi connectivity index (χ1v) is 10.7. The van der Waals surface area contributed by atoms with Gasteiger partial charge in [-0.05, 0) is 41.8 Å². The molecule has 170 valence electrons. The number of benzene rings is 1. The molecule has 0 saturated carbocycles. The highest BCUT2D eigenvalue weighted by Gasteiger charge is 2.27. The van der Waals surface area contributed by atoms with Crippen molar-refractivity contribution >= 4 is 23.5 Å². The molecule has 3 heterocycles. The quantitative estimate of drug-likeness (QED) is 0.485.